The lowest BCUT2D eigenvalue weighted by atomic mass is 9.93. The summed E-state index contributed by atoms with van der Waals surface area (Å²) in [5.74, 6) is 0.722. The van der Waals surface area contributed by atoms with E-state index in [1.165, 1.54) is 25.7 Å². The zero-order valence-corrected chi connectivity index (χ0v) is 14.7. The third kappa shape index (κ3) is 2.85. The normalized spacial score (nSPS) is 32.7. The Morgan fingerprint density at radius 1 is 1.33 bits per heavy atom. The monoisotopic (exact) mass is 295 g/mol. The zero-order chi connectivity index (χ0) is 15.8. The van der Waals surface area contributed by atoms with Gasteiger partial charge in [-0.3, -0.25) is 10.1 Å². The van der Waals surface area contributed by atoms with Gasteiger partial charge in [0.05, 0.1) is 11.7 Å². The van der Waals surface area contributed by atoms with Crippen molar-refractivity contribution in [3.8, 4) is 0 Å². The first kappa shape index (κ1) is 16.8. The molecule has 122 valence electrons. The van der Waals surface area contributed by atoms with Crippen molar-refractivity contribution in [1.82, 2.24) is 15.1 Å². The lowest BCUT2D eigenvalue weighted by Gasteiger charge is -2.41. The second-order valence-electron chi connectivity index (χ2n) is 7.78. The molecule has 1 saturated carbocycles. The highest BCUT2D eigenvalue weighted by Gasteiger charge is 2.50. The van der Waals surface area contributed by atoms with Crippen molar-refractivity contribution >= 4 is 5.91 Å². The maximum absolute atomic E-state index is 13.0. The Morgan fingerprint density at radius 3 is 2.33 bits per heavy atom. The van der Waals surface area contributed by atoms with E-state index in [0.717, 1.165) is 13.0 Å². The van der Waals surface area contributed by atoms with E-state index in [-0.39, 0.29) is 23.2 Å². The van der Waals surface area contributed by atoms with Gasteiger partial charge in [0.2, 0.25) is 5.91 Å². The fraction of sp³-hybridized carbons (Fsp3) is 0.941. The molecule has 0 radical (unpaired) electrons. The van der Waals surface area contributed by atoms with E-state index < -0.39 is 0 Å². The van der Waals surface area contributed by atoms with Gasteiger partial charge in [-0.15, -0.1) is 0 Å². The first-order valence-corrected chi connectivity index (χ1v) is 8.52. The maximum atomic E-state index is 13.0. The molecule has 4 nitrogen and oxygen atoms in total. The third-order valence-electron chi connectivity index (χ3n) is 5.82. The van der Waals surface area contributed by atoms with E-state index in [0.29, 0.717) is 5.92 Å². The number of hydrogen-bond acceptors (Lipinski definition) is 3. The first-order valence-electron chi connectivity index (χ1n) is 8.52. The molecule has 2 unspecified atom stereocenters. The van der Waals surface area contributed by atoms with Gasteiger partial charge in [0.25, 0.3) is 0 Å². The molecular weight excluding hydrogens is 262 g/mol. The van der Waals surface area contributed by atoms with E-state index in [1.807, 2.05) is 0 Å². The third-order valence-corrected chi connectivity index (χ3v) is 5.82. The predicted octanol–water partition coefficient (Wildman–Crippen LogP) is 2.44. The number of carbonyl (C=O) groups excluding carboxylic acids is 1. The molecule has 21 heavy (non-hydrogen) atoms. The van der Waals surface area contributed by atoms with Gasteiger partial charge in [0, 0.05) is 12.1 Å². The van der Waals surface area contributed by atoms with Crippen LogP contribution in [0.2, 0.25) is 0 Å². The lowest BCUT2D eigenvalue weighted by Crippen LogP contribution is -2.55. The summed E-state index contributed by atoms with van der Waals surface area (Å²) in [4.78, 5) is 17.5. The molecule has 2 atom stereocenters. The van der Waals surface area contributed by atoms with Crippen LogP contribution >= 0.6 is 0 Å². The van der Waals surface area contributed by atoms with E-state index in [4.69, 9.17) is 0 Å². The summed E-state index contributed by atoms with van der Waals surface area (Å²) in [5.41, 5.74) is -0.218. The smallest absolute Gasteiger partial charge is 0.243 e. The molecule has 1 N–H and O–H groups in total. The molecule has 1 aliphatic carbocycles. The van der Waals surface area contributed by atoms with Crippen LogP contribution in [0.5, 0.6) is 0 Å². The molecule has 1 heterocycles. The number of likely N-dealkylation sites (N-methyl/N-ethyl adjacent to an activating group) is 1. The van der Waals surface area contributed by atoms with Gasteiger partial charge >= 0.3 is 0 Å². The highest BCUT2D eigenvalue weighted by Crippen LogP contribution is 2.37. The minimum absolute atomic E-state index is 0.167. The van der Waals surface area contributed by atoms with Gasteiger partial charge in [0.15, 0.2) is 0 Å². The minimum atomic E-state index is -0.388. The highest BCUT2D eigenvalue weighted by atomic mass is 16.2. The minimum Gasteiger partial charge on any atom is -0.323 e. The van der Waals surface area contributed by atoms with Crippen LogP contribution < -0.4 is 5.32 Å². The van der Waals surface area contributed by atoms with Crippen molar-refractivity contribution in [2.45, 2.75) is 77.0 Å². The molecule has 0 aromatic rings. The summed E-state index contributed by atoms with van der Waals surface area (Å²) < 4.78 is 0. The fourth-order valence-corrected chi connectivity index (χ4v) is 3.96. The van der Waals surface area contributed by atoms with Crippen LogP contribution in [0.3, 0.4) is 0 Å². The number of amides is 1. The molecule has 0 bridgehead atoms. The van der Waals surface area contributed by atoms with Crippen molar-refractivity contribution < 1.29 is 4.79 Å². The molecule has 1 saturated heterocycles. The average molecular weight is 295 g/mol. The van der Waals surface area contributed by atoms with Gasteiger partial charge in [-0.2, -0.15) is 0 Å². The summed E-state index contributed by atoms with van der Waals surface area (Å²) in [6.07, 6.45) is 5.99. The molecular formula is C17H33N3O. The molecule has 0 spiro atoms. The molecule has 1 amide bonds. The number of nitrogens with zero attached hydrogens (tertiary/aromatic N) is 2. The van der Waals surface area contributed by atoms with Crippen molar-refractivity contribution in [1.29, 1.82) is 0 Å². The molecule has 4 heteroatoms. The second kappa shape index (κ2) is 5.88. The second-order valence-corrected chi connectivity index (χ2v) is 7.78. The van der Waals surface area contributed by atoms with Crippen LogP contribution in [-0.2, 0) is 4.79 Å². The van der Waals surface area contributed by atoms with Crippen LogP contribution in [0.4, 0.5) is 0 Å². The number of rotatable bonds is 5. The highest BCUT2D eigenvalue weighted by molar-refractivity contribution is 5.88. The van der Waals surface area contributed by atoms with Crippen LogP contribution in [0.1, 0.15) is 59.8 Å². The van der Waals surface area contributed by atoms with Crippen LogP contribution in [0, 0.1) is 5.92 Å². The van der Waals surface area contributed by atoms with Crippen molar-refractivity contribution in [3.63, 3.8) is 0 Å². The molecule has 2 aliphatic rings. The predicted molar refractivity (Wildman–Crippen MR) is 87.1 cm³/mol. The fourth-order valence-electron chi connectivity index (χ4n) is 3.96. The Kier molecular flexibility index (Phi) is 4.69. The Morgan fingerprint density at radius 2 is 1.90 bits per heavy atom. The standard InChI is InChI=1S/C17H33N3O/c1-7-16(4)15(21)20(14(18-16)13(2)3)12-17(19(5)6)10-8-9-11-17/h13-14,18H,7-12H2,1-6H3. The van der Waals surface area contributed by atoms with Crippen molar-refractivity contribution in [2.24, 2.45) is 5.92 Å². The topological polar surface area (TPSA) is 35.6 Å². The summed E-state index contributed by atoms with van der Waals surface area (Å²) in [5, 5.41) is 3.60. The Hall–Kier alpha value is -0.610. The van der Waals surface area contributed by atoms with Crippen LogP contribution in [0.25, 0.3) is 0 Å². The first-order chi connectivity index (χ1) is 9.76. The van der Waals surface area contributed by atoms with Crippen molar-refractivity contribution in [3.05, 3.63) is 0 Å². The van der Waals surface area contributed by atoms with E-state index in [1.54, 1.807) is 0 Å². The van der Waals surface area contributed by atoms with E-state index in [2.05, 4.69) is 56.9 Å². The van der Waals surface area contributed by atoms with Crippen LogP contribution in [0.15, 0.2) is 0 Å². The zero-order valence-electron chi connectivity index (χ0n) is 14.7. The molecule has 0 aromatic carbocycles. The van der Waals surface area contributed by atoms with E-state index >= 15 is 0 Å². The Balaban J connectivity index is 2.25. The molecule has 2 fully saturated rings. The summed E-state index contributed by atoms with van der Waals surface area (Å²) in [6.45, 7) is 9.43. The van der Waals surface area contributed by atoms with Gasteiger partial charge in [-0.05, 0) is 46.2 Å². The average Bonchev–Trinajstić information content (AvgIpc) is 2.99. The Bertz CT molecular complexity index is 387. The Labute approximate surface area is 130 Å². The van der Waals surface area contributed by atoms with Gasteiger partial charge in [0.1, 0.15) is 0 Å². The van der Waals surface area contributed by atoms with Crippen LogP contribution in [-0.4, -0.2) is 53.6 Å². The molecule has 1 aliphatic heterocycles. The quantitative estimate of drug-likeness (QED) is 0.846. The van der Waals surface area contributed by atoms with E-state index in [9.17, 15) is 4.79 Å². The lowest BCUT2D eigenvalue weighted by molar-refractivity contribution is -0.135. The SMILES string of the molecule is CCC1(C)NC(C(C)C)N(CC2(N(C)C)CCCC2)C1=O. The number of hydrogen-bond donors (Lipinski definition) is 1. The van der Waals surface area contributed by atoms with Gasteiger partial charge < -0.3 is 9.80 Å². The summed E-state index contributed by atoms with van der Waals surface area (Å²) >= 11 is 0. The van der Waals surface area contributed by atoms with Gasteiger partial charge in [-0.1, -0.05) is 33.6 Å². The summed E-state index contributed by atoms with van der Waals surface area (Å²) in [6, 6.07) is 0. The molecule has 0 aromatic heterocycles. The number of nitrogens with one attached hydrogen (secondary N) is 1. The summed E-state index contributed by atoms with van der Waals surface area (Å²) in [7, 11) is 4.34. The van der Waals surface area contributed by atoms with Gasteiger partial charge in [-0.25, -0.2) is 0 Å². The largest absolute Gasteiger partial charge is 0.323 e. The maximum Gasteiger partial charge on any atom is 0.243 e. The number of carbonyl (C=O) groups is 1. The molecule has 2 rings (SSSR count). The van der Waals surface area contributed by atoms with Crippen molar-refractivity contribution in [2.75, 3.05) is 20.6 Å².